The second-order valence-corrected chi connectivity index (χ2v) is 4.88. The van der Waals surface area contributed by atoms with E-state index < -0.39 is 0 Å². The largest absolute Gasteiger partial charge is 0.388 e. The van der Waals surface area contributed by atoms with Crippen LogP contribution in [0.4, 0.5) is 5.69 Å². The summed E-state index contributed by atoms with van der Waals surface area (Å²) in [4.78, 5) is 4.60. The number of anilines is 1. The Kier molecular flexibility index (Phi) is 2.24. The highest BCUT2D eigenvalue weighted by molar-refractivity contribution is 14.1. The van der Waals surface area contributed by atoms with Gasteiger partial charge in [0.1, 0.15) is 5.65 Å². The Labute approximate surface area is 107 Å². The van der Waals surface area contributed by atoms with Gasteiger partial charge in [-0.05, 0) is 52.9 Å². The molecule has 0 aliphatic rings. The Morgan fingerprint density at radius 2 is 2.12 bits per heavy atom. The van der Waals surface area contributed by atoms with E-state index in [0.29, 0.717) is 0 Å². The summed E-state index contributed by atoms with van der Waals surface area (Å²) in [6.45, 7) is 0. The maximum absolute atomic E-state index is 4.60. The van der Waals surface area contributed by atoms with Crippen LogP contribution in [-0.2, 0) is 0 Å². The number of fused-ring (bicyclic) bond motifs is 3. The molecule has 0 saturated heterocycles. The van der Waals surface area contributed by atoms with Gasteiger partial charge >= 0.3 is 0 Å². The third-order valence-electron chi connectivity index (χ3n) is 2.66. The number of hydrogen-bond donors (Lipinski definition) is 1. The lowest BCUT2D eigenvalue weighted by Gasteiger charge is -1.99. The average Bonchev–Trinajstić information content (AvgIpc) is 2.64. The summed E-state index contributed by atoms with van der Waals surface area (Å²) in [5.74, 6) is 0. The molecule has 16 heavy (non-hydrogen) atoms. The molecule has 2 heterocycles. The summed E-state index contributed by atoms with van der Waals surface area (Å²) >= 11 is 2.30. The van der Waals surface area contributed by atoms with Crippen LogP contribution in [0.25, 0.3) is 16.7 Å². The zero-order chi connectivity index (χ0) is 11.1. The normalized spacial score (nSPS) is 11.1. The van der Waals surface area contributed by atoms with Crippen molar-refractivity contribution in [3.63, 3.8) is 0 Å². The molecule has 4 heteroatoms. The molecule has 3 rings (SSSR count). The molecular formula is C12H10IN3. The fourth-order valence-electron chi connectivity index (χ4n) is 1.85. The first-order valence-electron chi connectivity index (χ1n) is 5.03. The Bertz CT molecular complexity index is 672. The molecule has 0 radical (unpaired) electrons. The third-order valence-corrected chi connectivity index (χ3v) is 3.33. The van der Waals surface area contributed by atoms with Crippen LogP contribution in [0, 0.1) is 3.57 Å². The van der Waals surface area contributed by atoms with Gasteiger partial charge in [0.25, 0.3) is 0 Å². The van der Waals surface area contributed by atoms with Gasteiger partial charge in [-0.3, -0.25) is 4.40 Å². The smallest absolute Gasteiger partial charge is 0.138 e. The quantitative estimate of drug-likeness (QED) is 0.697. The minimum Gasteiger partial charge on any atom is -0.388 e. The molecule has 0 aliphatic heterocycles. The van der Waals surface area contributed by atoms with Gasteiger partial charge in [-0.2, -0.15) is 0 Å². The van der Waals surface area contributed by atoms with E-state index in [1.807, 2.05) is 7.05 Å². The summed E-state index contributed by atoms with van der Waals surface area (Å²) < 4.78 is 3.31. The van der Waals surface area contributed by atoms with Crippen molar-refractivity contribution < 1.29 is 0 Å². The van der Waals surface area contributed by atoms with Crippen LogP contribution in [0.1, 0.15) is 0 Å². The molecule has 0 atom stereocenters. The van der Waals surface area contributed by atoms with Crippen molar-refractivity contribution >= 4 is 45.0 Å². The molecule has 0 amide bonds. The molecule has 0 saturated carbocycles. The molecule has 3 nitrogen and oxygen atoms in total. The first-order chi connectivity index (χ1) is 7.78. The summed E-state index contributed by atoms with van der Waals surface area (Å²) in [6, 6.07) is 10.4. The van der Waals surface area contributed by atoms with Gasteiger partial charge < -0.3 is 5.32 Å². The third kappa shape index (κ3) is 1.44. The van der Waals surface area contributed by atoms with Gasteiger partial charge in [0, 0.05) is 22.5 Å². The highest BCUT2D eigenvalue weighted by Gasteiger charge is 2.04. The summed E-state index contributed by atoms with van der Waals surface area (Å²) in [5, 5.41) is 3.12. The molecule has 0 spiro atoms. The van der Waals surface area contributed by atoms with E-state index in [1.165, 1.54) is 3.57 Å². The number of benzene rings is 1. The lowest BCUT2D eigenvalue weighted by atomic mass is 10.3. The second kappa shape index (κ2) is 3.62. The zero-order valence-electron chi connectivity index (χ0n) is 8.74. The van der Waals surface area contributed by atoms with Crippen molar-refractivity contribution in [2.75, 3.05) is 12.4 Å². The Hall–Kier alpha value is -1.30. The van der Waals surface area contributed by atoms with Crippen molar-refractivity contribution in [2.45, 2.75) is 0 Å². The van der Waals surface area contributed by atoms with Crippen LogP contribution in [0.3, 0.4) is 0 Å². The molecule has 80 valence electrons. The molecule has 0 bridgehead atoms. The van der Waals surface area contributed by atoms with Crippen LogP contribution in [-0.4, -0.2) is 16.4 Å². The summed E-state index contributed by atoms with van der Waals surface area (Å²) in [6.07, 6.45) is 2.06. The van der Waals surface area contributed by atoms with Crippen LogP contribution in [0.15, 0.2) is 36.5 Å². The standard InChI is InChI=1S/C12H10IN3/c1-14-9-2-3-11-10(7-9)15-12-6-8(13)4-5-16(11)12/h2-7,14H,1H3. The minimum absolute atomic E-state index is 0.996. The first-order valence-corrected chi connectivity index (χ1v) is 6.11. The molecule has 2 aromatic heterocycles. The molecule has 0 fully saturated rings. The van der Waals surface area contributed by atoms with Gasteiger partial charge in [0.05, 0.1) is 11.0 Å². The van der Waals surface area contributed by atoms with E-state index in [9.17, 15) is 0 Å². The van der Waals surface area contributed by atoms with E-state index in [-0.39, 0.29) is 0 Å². The highest BCUT2D eigenvalue weighted by Crippen LogP contribution is 2.21. The number of rotatable bonds is 1. The van der Waals surface area contributed by atoms with Crippen molar-refractivity contribution in [1.29, 1.82) is 0 Å². The van der Waals surface area contributed by atoms with Gasteiger partial charge in [-0.25, -0.2) is 4.98 Å². The van der Waals surface area contributed by atoms with E-state index in [0.717, 1.165) is 22.4 Å². The van der Waals surface area contributed by atoms with Crippen molar-refractivity contribution in [3.8, 4) is 0 Å². The van der Waals surface area contributed by atoms with Gasteiger partial charge in [0.15, 0.2) is 0 Å². The van der Waals surface area contributed by atoms with E-state index in [4.69, 9.17) is 0 Å². The maximum Gasteiger partial charge on any atom is 0.138 e. The number of nitrogens with one attached hydrogen (secondary N) is 1. The van der Waals surface area contributed by atoms with Crippen LogP contribution in [0.2, 0.25) is 0 Å². The highest BCUT2D eigenvalue weighted by atomic mass is 127. The number of imidazole rings is 1. The topological polar surface area (TPSA) is 29.3 Å². The zero-order valence-corrected chi connectivity index (χ0v) is 10.9. The van der Waals surface area contributed by atoms with Crippen LogP contribution < -0.4 is 5.32 Å². The van der Waals surface area contributed by atoms with Gasteiger partial charge in [-0.15, -0.1) is 0 Å². The molecule has 1 aromatic carbocycles. The van der Waals surface area contributed by atoms with E-state index in [1.54, 1.807) is 0 Å². The maximum atomic E-state index is 4.60. The lowest BCUT2D eigenvalue weighted by Crippen LogP contribution is -1.87. The fourth-order valence-corrected chi connectivity index (χ4v) is 2.29. The van der Waals surface area contributed by atoms with Gasteiger partial charge in [0.2, 0.25) is 0 Å². The molecule has 1 N–H and O–H groups in total. The van der Waals surface area contributed by atoms with Gasteiger partial charge in [-0.1, -0.05) is 0 Å². The predicted octanol–water partition coefficient (Wildman–Crippen LogP) is 3.13. The Morgan fingerprint density at radius 1 is 1.25 bits per heavy atom. The van der Waals surface area contributed by atoms with Crippen molar-refractivity contribution in [3.05, 3.63) is 40.1 Å². The fraction of sp³-hybridized carbons (Fsp3) is 0.0833. The van der Waals surface area contributed by atoms with Crippen LogP contribution in [0.5, 0.6) is 0 Å². The molecule has 3 aromatic rings. The number of halogens is 1. The SMILES string of the molecule is CNc1ccc2c(c1)nc1cc(I)ccn12. The van der Waals surface area contributed by atoms with E-state index >= 15 is 0 Å². The van der Waals surface area contributed by atoms with Crippen LogP contribution >= 0.6 is 22.6 Å². The Morgan fingerprint density at radius 3 is 2.94 bits per heavy atom. The molecule has 0 unspecified atom stereocenters. The number of aromatic nitrogens is 2. The molecular weight excluding hydrogens is 313 g/mol. The van der Waals surface area contributed by atoms with Crippen molar-refractivity contribution in [1.82, 2.24) is 9.38 Å². The second-order valence-electron chi connectivity index (χ2n) is 3.64. The monoisotopic (exact) mass is 323 g/mol. The average molecular weight is 323 g/mol. The summed E-state index contributed by atoms with van der Waals surface area (Å²) in [5.41, 5.74) is 4.25. The predicted molar refractivity (Wildman–Crippen MR) is 75.0 cm³/mol. The first kappa shape index (κ1) is 9.89. The Balaban J connectivity index is 2.40. The van der Waals surface area contributed by atoms with E-state index in [2.05, 4.69) is 73.8 Å². The summed E-state index contributed by atoms with van der Waals surface area (Å²) in [7, 11) is 1.92. The number of hydrogen-bond acceptors (Lipinski definition) is 2. The number of nitrogens with zero attached hydrogens (tertiary/aromatic N) is 2. The molecule has 0 aliphatic carbocycles. The minimum atomic E-state index is 0.996. The van der Waals surface area contributed by atoms with Crippen molar-refractivity contribution in [2.24, 2.45) is 0 Å². The lowest BCUT2D eigenvalue weighted by molar-refractivity contribution is 1.22. The number of pyridine rings is 1.